The molecule has 1 aliphatic rings. The van der Waals surface area contributed by atoms with E-state index < -0.39 is 0 Å². The van der Waals surface area contributed by atoms with Gasteiger partial charge in [0.15, 0.2) is 0 Å². The third kappa shape index (κ3) is 2.25. The lowest BCUT2D eigenvalue weighted by molar-refractivity contribution is -0.122. The molecule has 4 heteroatoms. The normalized spacial score (nSPS) is 23.2. The average Bonchev–Trinajstić information content (AvgIpc) is 2.00. The van der Waals surface area contributed by atoms with Gasteiger partial charge in [0.2, 0.25) is 5.91 Å². The van der Waals surface area contributed by atoms with Crippen LogP contribution in [-0.4, -0.2) is 36.0 Å². The highest BCUT2D eigenvalue weighted by atomic mass is 16.1. The fraction of sp³-hybridized carbons (Fsp3) is 0.900. The first-order chi connectivity index (χ1) is 6.35. The second-order valence-electron chi connectivity index (χ2n) is 4.86. The second-order valence-corrected chi connectivity index (χ2v) is 4.86. The predicted octanol–water partition coefficient (Wildman–Crippen LogP) is -0.223. The maximum atomic E-state index is 10.8. The zero-order valence-corrected chi connectivity index (χ0v) is 9.29. The van der Waals surface area contributed by atoms with Crippen molar-refractivity contribution in [1.29, 1.82) is 0 Å². The van der Waals surface area contributed by atoms with E-state index >= 15 is 0 Å². The highest BCUT2D eigenvalue weighted by Gasteiger charge is 2.42. The van der Waals surface area contributed by atoms with E-state index in [1.165, 1.54) is 0 Å². The van der Waals surface area contributed by atoms with Crippen LogP contribution in [0.2, 0.25) is 0 Å². The number of rotatable bonds is 4. The molecule has 1 saturated heterocycles. The number of primary amides is 1. The molecule has 1 rings (SSSR count). The maximum absolute atomic E-state index is 10.8. The molecule has 1 aliphatic heterocycles. The SMILES string of the molecule is CC(CN1CC(N)(C(C)C)C1)C(N)=O. The Labute approximate surface area is 85.6 Å². The number of nitrogens with zero attached hydrogens (tertiary/aromatic N) is 1. The fourth-order valence-corrected chi connectivity index (χ4v) is 1.76. The quantitative estimate of drug-likeness (QED) is 0.657. The van der Waals surface area contributed by atoms with Gasteiger partial charge in [0.25, 0.3) is 0 Å². The first-order valence-electron chi connectivity index (χ1n) is 5.15. The summed E-state index contributed by atoms with van der Waals surface area (Å²) in [5.41, 5.74) is 11.3. The molecule has 0 aromatic heterocycles. The lowest BCUT2D eigenvalue weighted by atomic mass is 9.80. The Balaban J connectivity index is 2.32. The third-order valence-corrected chi connectivity index (χ3v) is 3.20. The predicted molar refractivity (Wildman–Crippen MR) is 56.6 cm³/mol. The minimum absolute atomic E-state index is 0.0582. The molecular formula is C10H21N3O. The number of carbonyl (C=O) groups excluding carboxylic acids is 1. The molecule has 0 saturated carbocycles. The monoisotopic (exact) mass is 199 g/mol. The number of hydrogen-bond acceptors (Lipinski definition) is 3. The van der Waals surface area contributed by atoms with Crippen molar-refractivity contribution in [2.24, 2.45) is 23.3 Å². The molecule has 1 amide bonds. The maximum Gasteiger partial charge on any atom is 0.221 e. The molecule has 0 aliphatic carbocycles. The molecule has 1 unspecified atom stereocenters. The molecule has 1 atom stereocenters. The standard InChI is InChI=1S/C10H21N3O/c1-7(2)10(12)5-13(6-10)4-8(3)9(11)14/h7-8H,4-6,12H2,1-3H3,(H2,11,14). The Bertz CT molecular complexity index is 221. The largest absolute Gasteiger partial charge is 0.369 e. The van der Waals surface area contributed by atoms with Crippen LogP contribution in [0.3, 0.4) is 0 Å². The van der Waals surface area contributed by atoms with Crippen LogP contribution in [0.25, 0.3) is 0 Å². The minimum atomic E-state index is -0.232. The summed E-state index contributed by atoms with van der Waals surface area (Å²) >= 11 is 0. The van der Waals surface area contributed by atoms with Crippen LogP contribution < -0.4 is 11.5 Å². The van der Waals surface area contributed by atoms with Gasteiger partial charge in [-0.25, -0.2) is 0 Å². The van der Waals surface area contributed by atoms with E-state index in [-0.39, 0.29) is 17.4 Å². The molecule has 0 aromatic rings. The number of nitrogens with two attached hydrogens (primary N) is 2. The zero-order chi connectivity index (χ0) is 10.9. The van der Waals surface area contributed by atoms with Crippen LogP contribution in [0.5, 0.6) is 0 Å². The summed E-state index contributed by atoms with van der Waals surface area (Å²) < 4.78 is 0. The smallest absolute Gasteiger partial charge is 0.221 e. The van der Waals surface area contributed by atoms with Crippen LogP contribution in [0.4, 0.5) is 0 Å². The van der Waals surface area contributed by atoms with Gasteiger partial charge in [0.05, 0.1) is 0 Å². The average molecular weight is 199 g/mol. The van der Waals surface area contributed by atoms with Crippen LogP contribution in [0, 0.1) is 11.8 Å². The highest BCUT2D eigenvalue weighted by Crippen LogP contribution is 2.26. The van der Waals surface area contributed by atoms with Crippen molar-refractivity contribution in [3.05, 3.63) is 0 Å². The van der Waals surface area contributed by atoms with E-state index in [9.17, 15) is 4.79 Å². The molecule has 0 bridgehead atoms. The van der Waals surface area contributed by atoms with E-state index in [0.717, 1.165) is 19.6 Å². The molecule has 82 valence electrons. The first-order valence-corrected chi connectivity index (χ1v) is 5.15. The van der Waals surface area contributed by atoms with Gasteiger partial charge >= 0.3 is 0 Å². The fourth-order valence-electron chi connectivity index (χ4n) is 1.76. The van der Waals surface area contributed by atoms with E-state index in [1.54, 1.807) is 0 Å². The molecule has 4 N–H and O–H groups in total. The van der Waals surface area contributed by atoms with E-state index in [4.69, 9.17) is 11.5 Å². The van der Waals surface area contributed by atoms with Gasteiger partial charge in [-0.1, -0.05) is 20.8 Å². The van der Waals surface area contributed by atoms with Gasteiger partial charge in [0.1, 0.15) is 0 Å². The van der Waals surface area contributed by atoms with E-state index in [1.807, 2.05) is 6.92 Å². The van der Waals surface area contributed by atoms with Crippen molar-refractivity contribution in [3.63, 3.8) is 0 Å². The number of carbonyl (C=O) groups is 1. The van der Waals surface area contributed by atoms with Crippen LogP contribution in [0.15, 0.2) is 0 Å². The molecule has 14 heavy (non-hydrogen) atoms. The van der Waals surface area contributed by atoms with Gasteiger partial charge in [-0.2, -0.15) is 0 Å². The van der Waals surface area contributed by atoms with E-state index in [2.05, 4.69) is 18.7 Å². The lowest BCUT2D eigenvalue weighted by Gasteiger charge is -2.51. The van der Waals surface area contributed by atoms with Crippen LogP contribution in [-0.2, 0) is 4.79 Å². The molecular weight excluding hydrogens is 178 g/mol. The third-order valence-electron chi connectivity index (χ3n) is 3.20. The van der Waals surface area contributed by atoms with Gasteiger partial charge in [0, 0.05) is 31.1 Å². The van der Waals surface area contributed by atoms with Crippen molar-refractivity contribution < 1.29 is 4.79 Å². The molecule has 1 heterocycles. The number of likely N-dealkylation sites (tertiary alicyclic amines) is 1. The Morgan fingerprint density at radius 1 is 1.43 bits per heavy atom. The number of amides is 1. The van der Waals surface area contributed by atoms with Gasteiger partial charge in [-0.05, 0) is 5.92 Å². The minimum Gasteiger partial charge on any atom is -0.369 e. The summed E-state index contributed by atoms with van der Waals surface area (Å²) in [4.78, 5) is 13.0. The molecule has 0 radical (unpaired) electrons. The molecule has 1 fully saturated rings. The summed E-state index contributed by atoms with van der Waals surface area (Å²) in [7, 11) is 0. The lowest BCUT2D eigenvalue weighted by Crippen LogP contribution is -2.70. The number of hydrogen-bond donors (Lipinski definition) is 2. The molecule has 0 aromatic carbocycles. The molecule has 4 nitrogen and oxygen atoms in total. The summed E-state index contributed by atoms with van der Waals surface area (Å²) in [6.07, 6.45) is 0. The van der Waals surface area contributed by atoms with Crippen LogP contribution in [0.1, 0.15) is 20.8 Å². The topological polar surface area (TPSA) is 72.3 Å². The second kappa shape index (κ2) is 3.87. The summed E-state index contributed by atoms with van der Waals surface area (Å²) in [5, 5.41) is 0. The van der Waals surface area contributed by atoms with Gasteiger partial charge in [-0.15, -0.1) is 0 Å². The van der Waals surface area contributed by atoms with Crippen LogP contribution >= 0.6 is 0 Å². The summed E-state index contributed by atoms with van der Waals surface area (Å²) in [5.74, 6) is 0.179. The summed E-state index contributed by atoms with van der Waals surface area (Å²) in [6.45, 7) is 8.61. The molecule has 0 spiro atoms. The Morgan fingerprint density at radius 3 is 2.29 bits per heavy atom. The van der Waals surface area contributed by atoms with Crippen molar-refractivity contribution >= 4 is 5.91 Å². The van der Waals surface area contributed by atoms with Crippen molar-refractivity contribution in [2.45, 2.75) is 26.3 Å². The van der Waals surface area contributed by atoms with E-state index in [0.29, 0.717) is 5.92 Å². The van der Waals surface area contributed by atoms with Gasteiger partial charge < -0.3 is 11.5 Å². The first kappa shape index (κ1) is 11.5. The van der Waals surface area contributed by atoms with Crippen molar-refractivity contribution in [1.82, 2.24) is 4.90 Å². The highest BCUT2D eigenvalue weighted by molar-refractivity contribution is 5.76. The summed E-state index contributed by atoms with van der Waals surface area (Å²) in [6, 6.07) is 0. The Kier molecular flexibility index (Phi) is 3.17. The Hall–Kier alpha value is -0.610. The van der Waals surface area contributed by atoms with Crippen molar-refractivity contribution in [2.75, 3.05) is 19.6 Å². The van der Waals surface area contributed by atoms with Gasteiger partial charge in [-0.3, -0.25) is 9.69 Å². The zero-order valence-electron chi connectivity index (χ0n) is 9.29. The Morgan fingerprint density at radius 2 is 1.93 bits per heavy atom. The van der Waals surface area contributed by atoms with Crippen molar-refractivity contribution in [3.8, 4) is 0 Å².